The summed E-state index contributed by atoms with van der Waals surface area (Å²) >= 11 is 0. The second-order valence-corrected chi connectivity index (χ2v) is 7.63. The molecule has 0 N–H and O–H groups in total. The predicted octanol–water partition coefficient (Wildman–Crippen LogP) is 2.17. The fraction of sp³-hybridized carbons (Fsp3) is 1.00. The van der Waals surface area contributed by atoms with Crippen LogP contribution in [0, 0.1) is 5.92 Å². The molecule has 1 atom stereocenters. The molecular weight excluding hydrogens is 220 g/mol. The first kappa shape index (κ1) is 12.6. The molecular formula is C12H24O3Si. The molecule has 4 heteroatoms. The molecule has 0 aromatic heterocycles. The maximum absolute atomic E-state index is 6.21. The third-order valence-corrected chi connectivity index (χ3v) is 6.79. The molecule has 0 amide bonds. The van der Waals surface area contributed by atoms with Crippen LogP contribution in [0.25, 0.3) is 0 Å². The van der Waals surface area contributed by atoms with Gasteiger partial charge < -0.3 is 13.6 Å². The summed E-state index contributed by atoms with van der Waals surface area (Å²) in [4.78, 5) is 0. The fourth-order valence-electron chi connectivity index (χ4n) is 3.45. The minimum Gasteiger partial charge on any atom is -0.398 e. The lowest BCUT2D eigenvalue weighted by molar-refractivity contribution is -0.0812. The van der Waals surface area contributed by atoms with Gasteiger partial charge in [0.2, 0.25) is 0 Å². The standard InChI is InChI=1S/C12H24O3Si/c1-13-16(14-2)12(9-5-6-10-15-12)11-7-3-4-8-11/h11,16H,3-10H2,1-2H3. The predicted molar refractivity (Wildman–Crippen MR) is 65.7 cm³/mol. The molecule has 1 aliphatic carbocycles. The monoisotopic (exact) mass is 244 g/mol. The fourth-order valence-corrected chi connectivity index (χ4v) is 5.85. The summed E-state index contributed by atoms with van der Waals surface area (Å²) in [7, 11) is 1.89. The van der Waals surface area contributed by atoms with Crippen LogP contribution in [0.1, 0.15) is 44.9 Å². The first-order valence-corrected chi connectivity index (χ1v) is 8.05. The van der Waals surface area contributed by atoms with Gasteiger partial charge in [-0.25, -0.2) is 0 Å². The van der Waals surface area contributed by atoms with E-state index in [1.165, 1.54) is 38.5 Å². The van der Waals surface area contributed by atoms with Crippen LogP contribution < -0.4 is 0 Å². The molecule has 1 heterocycles. The zero-order chi connectivity index (χ0) is 11.4. The van der Waals surface area contributed by atoms with E-state index in [2.05, 4.69) is 0 Å². The molecule has 1 unspecified atom stereocenters. The van der Waals surface area contributed by atoms with Gasteiger partial charge in [0.25, 0.3) is 0 Å². The molecule has 2 fully saturated rings. The third-order valence-electron chi connectivity index (χ3n) is 4.21. The number of ether oxygens (including phenoxy) is 1. The molecule has 0 bridgehead atoms. The molecule has 16 heavy (non-hydrogen) atoms. The topological polar surface area (TPSA) is 27.7 Å². The molecule has 0 radical (unpaired) electrons. The Hall–Kier alpha value is 0.0969. The molecule has 2 aliphatic rings. The van der Waals surface area contributed by atoms with E-state index in [0.717, 1.165) is 13.0 Å². The van der Waals surface area contributed by atoms with Gasteiger partial charge in [0.05, 0.1) is 0 Å². The minimum absolute atomic E-state index is 0.0295. The highest BCUT2D eigenvalue weighted by atomic mass is 28.3. The first-order chi connectivity index (χ1) is 7.83. The molecule has 0 spiro atoms. The zero-order valence-corrected chi connectivity index (χ0v) is 11.7. The number of hydrogen-bond acceptors (Lipinski definition) is 3. The molecule has 1 saturated heterocycles. The van der Waals surface area contributed by atoms with Crippen molar-refractivity contribution in [1.29, 1.82) is 0 Å². The lowest BCUT2D eigenvalue weighted by Crippen LogP contribution is -2.57. The maximum Gasteiger partial charge on any atom is 0.354 e. The van der Waals surface area contributed by atoms with Gasteiger partial charge in [-0.15, -0.1) is 0 Å². The molecule has 0 aromatic carbocycles. The van der Waals surface area contributed by atoms with E-state index in [9.17, 15) is 0 Å². The van der Waals surface area contributed by atoms with Gasteiger partial charge in [-0.05, 0) is 38.0 Å². The molecule has 0 aromatic rings. The SMILES string of the molecule is CO[SiH](OC)C1(C2CCCC2)CCCCO1. The average Bonchev–Trinajstić information content (AvgIpc) is 2.86. The van der Waals surface area contributed by atoms with Crippen molar-refractivity contribution in [2.45, 2.75) is 50.2 Å². The second-order valence-electron chi connectivity index (χ2n) is 5.05. The van der Waals surface area contributed by atoms with Crippen molar-refractivity contribution in [3.05, 3.63) is 0 Å². The summed E-state index contributed by atoms with van der Waals surface area (Å²) in [5, 5.41) is -0.0295. The number of hydrogen-bond donors (Lipinski definition) is 0. The lowest BCUT2D eigenvalue weighted by atomic mass is 9.93. The van der Waals surface area contributed by atoms with Crippen LogP contribution in [0.2, 0.25) is 0 Å². The van der Waals surface area contributed by atoms with Crippen LogP contribution in [0.3, 0.4) is 0 Å². The quantitative estimate of drug-likeness (QED) is 0.709. The maximum atomic E-state index is 6.21. The summed E-state index contributed by atoms with van der Waals surface area (Å²) in [6, 6.07) is 0. The summed E-state index contributed by atoms with van der Waals surface area (Å²) < 4.78 is 17.5. The van der Waals surface area contributed by atoms with Crippen molar-refractivity contribution < 1.29 is 13.6 Å². The Bertz CT molecular complexity index is 202. The van der Waals surface area contributed by atoms with E-state index in [1.54, 1.807) is 14.2 Å². The average molecular weight is 244 g/mol. The highest BCUT2D eigenvalue weighted by molar-refractivity contribution is 6.48. The van der Waals surface area contributed by atoms with Crippen LogP contribution in [-0.4, -0.2) is 35.3 Å². The van der Waals surface area contributed by atoms with E-state index >= 15 is 0 Å². The van der Waals surface area contributed by atoms with Crippen LogP contribution >= 0.6 is 0 Å². The Morgan fingerprint density at radius 2 is 1.75 bits per heavy atom. The second kappa shape index (κ2) is 5.62. The first-order valence-electron chi connectivity index (χ1n) is 6.53. The largest absolute Gasteiger partial charge is 0.398 e. The van der Waals surface area contributed by atoms with E-state index in [4.69, 9.17) is 13.6 Å². The molecule has 1 aliphatic heterocycles. The Labute approximate surface area is 100 Å². The van der Waals surface area contributed by atoms with E-state index in [1.807, 2.05) is 0 Å². The van der Waals surface area contributed by atoms with Crippen LogP contribution in [0.5, 0.6) is 0 Å². The molecule has 1 saturated carbocycles. The van der Waals surface area contributed by atoms with Crippen molar-refractivity contribution >= 4 is 9.28 Å². The highest BCUT2D eigenvalue weighted by Crippen LogP contribution is 2.43. The van der Waals surface area contributed by atoms with Crippen molar-refractivity contribution in [2.75, 3.05) is 20.8 Å². The van der Waals surface area contributed by atoms with Crippen molar-refractivity contribution in [1.82, 2.24) is 0 Å². The van der Waals surface area contributed by atoms with Gasteiger partial charge in [0.1, 0.15) is 5.22 Å². The third kappa shape index (κ3) is 2.21. The Balaban J connectivity index is 2.15. The van der Waals surface area contributed by atoms with Gasteiger partial charge in [-0.3, -0.25) is 0 Å². The molecule has 3 nitrogen and oxygen atoms in total. The summed E-state index contributed by atoms with van der Waals surface area (Å²) in [5.41, 5.74) is 0. The normalized spacial score (nSPS) is 32.4. The van der Waals surface area contributed by atoms with Gasteiger partial charge in [-0.1, -0.05) is 12.8 Å². The molecule has 2 rings (SSSR count). The smallest absolute Gasteiger partial charge is 0.354 e. The van der Waals surface area contributed by atoms with Gasteiger partial charge >= 0.3 is 9.28 Å². The Morgan fingerprint density at radius 1 is 1.06 bits per heavy atom. The van der Waals surface area contributed by atoms with Crippen LogP contribution in [0.4, 0.5) is 0 Å². The molecule has 94 valence electrons. The van der Waals surface area contributed by atoms with Crippen molar-refractivity contribution in [2.24, 2.45) is 5.92 Å². The van der Waals surface area contributed by atoms with E-state index in [0.29, 0.717) is 5.92 Å². The van der Waals surface area contributed by atoms with E-state index in [-0.39, 0.29) is 5.22 Å². The van der Waals surface area contributed by atoms with Crippen molar-refractivity contribution in [3.63, 3.8) is 0 Å². The minimum atomic E-state index is -1.68. The summed E-state index contributed by atoms with van der Waals surface area (Å²) in [5.74, 6) is 0.685. The Morgan fingerprint density at radius 3 is 2.25 bits per heavy atom. The highest BCUT2D eigenvalue weighted by Gasteiger charge is 2.51. The lowest BCUT2D eigenvalue weighted by Gasteiger charge is -2.44. The van der Waals surface area contributed by atoms with Crippen molar-refractivity contribution in [3.8, 4) is 0 Å². The Kier molecular flexibility index (Phi) is 4.41. The van der Waals surface area contributed by atoms with E-state index < -0.39 is 9.28 Å². The van der Waals surface area contributed by atoms with Gasteiger partial charge in [0.15, 0.2) is 0 Å². The zero-order valence-electron chi connectivity index (χ0n) is 10.5. The van der Waals surface area contributed by atoms with Gasteiger partial charge in [0, 0.05) is 20.8 Å². The van der Waals surface area contributed by atoms with Crippen LogP contribution in [0.15, 0.2) is 0 Å². The summed E-state index contributed by atoms with van der Waals surface area (Å²) in [6.07, 6.45) is 8.92. The number of rotatable bonds is 4. The summed E-state index contributed by atoms with van der Waals surface area (Å²) in [6.45, 7) is 0.896. The van der Waals surface area contributed by atoms with Crippen LogP contribution in [-0.2, 0) is 13.6 Å². The van der Waals surface area contributed by atoms with Gasteiger partial charge in [-0.2, -0.15) is 0 Å².